The fraction of sp³-hybridized carbons (Fsp3) is 0.238. The van der Waals surface area contributed by atoms with Crippen LogP contribution >= 0.6 is 0 Å². The number of aromatic hydroxyl groups is 1. The van der Waals surface area contributed by atoms with Crippen molar-refractivity contribution < 1.29 is 23.8 Å². The highest BCUT2D eigenvalue weighted by atomic mass is 16.5. The van der Waals surface area contributed by atoms with Crippen molar-refractivity contribution >= 4 is 16.9 Å². The zero-order valence-electron chi connectivity index (χ0n) is 15.2. The first kappa shape index (κ1) is 18.5. The summed E-state index contributed by atoms with van der Waals surface area (Å²) in [6, 6.07) is 12.0. The zero-order valence-corrected chi connectivity index (χ0v) is 15.2. The van der Waals surface area contributed by atoms with E-state index in [4.69, 9.17) is 13.9 Å². The van der Waals surface area contributed by atoms with Crippen molar-refractivity contribution in [1.82, 2.24) is 0 Å². The molecule has 0 saturated heterocycles. The van der Waals surface area contributed by atoms with E-state index in [1.54, 1.807) is 13.0 Å². The Morgan fingerprint density at radius 3 is 2.59 bits per heavy atom. The Kier molecular flexibility index (Phi) is 5.45. The lowest BCUT2D eigenvalue weighted by Gasteiger charge is -2.10. The van der Waals surface area contributed by atoms with Gasteiger partial charge in [0.2, 0.25) is 0 Å². The van der Waals surface area contributed by atoms with Crippen LogP contribution in [0.2, 0.25) is 0 Å². The van der Waals surface area contributed by atoms with Gasteiger partial charge in [0.1, 0.15) is 23.7 Å². The molecule has 1 aromatic heterocycles. The molecule has 0 radical (unpaired) electrons. The Morgan fingerprint density at radius 1 is 1.11 bits per heavy atom. The summed E-state index contributed by atoms with van der Waals surface area (Å²) in [7, 11) is 0. The molecule has 1 N–H and O–H groups in total. The second-order valence-electron chi connectivity index (χ2n) is 6.25. The fourth-order valence-corrected chi connectivity index (χ4v) is 2.65. The molecule has 0 aliphatic carbocycles. The molecule has 140 valence electrons. The number of carbonyl (C=O) groups is 1. The van der Waals surface area contributed by atoms with Gasteiger partial charge in [0.15, 0.2) is 0 Å². The minimum absolute atomic E-state index is 0.0352. The van der Waals surface area contributed by atoms with Crippen molar-refractivity contribution in [2.75, 3.05) is 6.61 Å². The summed E-state index contributed by atoms with van der Waals surface area (Å²) < 4.78 is 15.9. The number of aryl methyl sites for hydroxylation is 2. The van der Waals surface area contributed by atoms with Gasteiger partial charge in [0.25, 0.3) is 0 Å². The van der Waals surface area contributed by atoms with E-state index >= 15 is 0 Å². The van der Waals surface area contributed by atoms with Gasteiger partial charge in [-0.25, -0.2) is 4.79 Å². The molecule has 27 heavy (non-hydrogen) atoms. The SMILES string of the molecule is Cc1ccc(OCCC(=O)OCc2cc(=O)oc3c(C)c(O)ccc23)cc1. The van der Waals surface area contributed by atoms with E-state index in [1.165, 1.54) is 12.1 Å². The van der Waals surface area contributed by atoms with Gasteiger partial charge in [-0.15, -0.1) is 0 Å². The number of hydrogen-bond donors (Lipinski definition) is 1. The van der Waals surface area contributed by atoms with Crippen molar-refractivity contribution in [3.05, 3.63) is 69.6 Å². The lowest BCUT2D eigenvalue weighted by molar-refractivity contribution is -0.145. The van der Waals surface area contributed by atoms with Crippen molar-refractivity contribution in [3.8, 4) is 11.5 Å². The standard InChI is InChI=1S/C21H20O6/c1-13-3-5-16(6-4-13)25-10-9-19(23)26-12-15-11-20(24)27-21-14(2)18(22)8-7-17(15)21/h3-8,11,22H,9-10,12H2,1-2H3. The molecule has 6 heteroatoms. The van der Waals surface area contributed by atoms with Crippen LogP contribution < -0.4 is 10.4 Å². The van der Waals surface area contributed by atoms with E-state index in [0.717, 1.165) is 5.56 Å². The molecule has 0 unspecified atom stereocenters. The monoisotopic (exact) mass is 368 g/mol. The molecule has 0 bridgehead atoms. The number of ether oxygens (including phenoxy) is 2. The van der Waals surface area contributed by atoms with Crippen LogP contribution in [-0.2, 0) is 16.1 Å². The summed E-state index contributed by atoms with van der Waals surface area (Å²) in [5.74, 6) is 0.294. The Balaban J connectivity index is 1.61. The van der Waals surface area contributed by atoms with Crippen LogP contribution in [0.3, 0.4) is 0 Å². The number of carbonyl (C=O) groups excluding carboxylic acids is 1. The maximum absolute atomic E-state index is 12.0. The Labute approximate surface area is 156 Å². The summed E-state index contributed by atoms with van der Waals surface area (Å²) in [6.45, 7) is 3.78. The minimum atomic E-state index is -0.565. The Hall–Kier alpha value is -3.28. The third-order valence-electron chi connectivity index (χ3n) is 4.20. The molecule has 0 aliphatic heterocycles. The predicted octanol–water partition coefficient (Wildman–Crippen LogP) is 3.63. The van der Waals surface area contributed by atoms with Crippen LogP contribution in [0, 0.1) is 13.8 Å². The van der Waals surface area contributed by atoms with Gasteiger partial charge in [0.05, 0.1) is 13.0 Å². The van der Waals surface area contributed by atoms with E-state index < -0.39 is 11.6 Å². The first-order valence-corrected chi connectivity index (χ1v) is 8.54. The minimum Gasteiger partial charge on any atom is -0.508 e. The van der Waals surface area contributed by atoms with Crippen molar-refractivity contribution in [2.45, 2.75) is 26.9 Å². The molecular formula is C21H20O6. The highest BCUT2D eigenvalue weighted by Gasteiger charge is 2.12. The third kappa shape index (κ3) is 4.47. The smallest absolute Gasteiger partial charge is 0.336 e. The van der Waals surface area contributed by atoms with Gasteiger partial charge in [-0.1, -0.05) is 17.7 Å². The number of esters is 1. The molecule has 0 atom stereocenters. The van der Waals surface area contributed by atoms with E-state index in [2.05, 4.69) is 0 Å². The van der Waals surface area contributed by atoms with E-state index in [0.29, 0.717) is 22.3 Å². The van der Waals surface area contributed by atoms with Gasteiger partial charge in [-0.3, -0.25) is 4.79 Å². The molecular weight excluding hydrogens is 348 g/mol. The number of hydrogen-bond acceptors (Lipinski definition) is 6. The molecule has 0 fully saturated rings. The average molecular weight is 368 g/mol. The zero-order chi connectivity index (χ0) is 19.4. The van der Waals surface area contributed by atoms with E-state index in [9.17, 15) is 14.7 Å². The molecule has 0 aliphatic rings. The number of phenolic OH excluding ortho intramolecular Hbond substituents is 1. The first-order chi connectivity index (χ1) is 12.9. The van der Waals surface area contributed by atoms with E-state index in [1.807, 2.05) is 31.2 Å². The van der Waals surface area contributed by atoms with Crippen molar-refractivity contribution in [2.24, 2.45) is 0 Å². The van der Waals surface area contributed by atoms with Crippen LogP contribution in [0.5, 0.6) is 11.5 Å². The molecule has 0 spiro atoms. The number of rotatable bonds is 6. The van der Waals surface area contributed by atoms with Crippen LogP contribution in [0.4, 0.5) is 0 Å². The van der Waals surface area contributed by atoms with Crippen molar-refractivity contribution in [1.29, 1.82) is 0 Å². The van der Waals surface area contributed by atoms with Crippen LogP contribution in [0.1, 0.15) is 23.1 Å². The number of fused-ring (bicyclic) bond motifs is 1. The lowest BCUT2D eigenvalue weighted by Crippen LogP contribution is -2.11. The maximum atomic E-state index is 12.0. The second kappa shape index (κ2) is 7.95. The molecule has 2 aromatic carbocycles. The summed E-state index contributed by atoms with van der Waals surface area (Å²) in [5.41, 5.74) is 1.84. The average Bonchev–Trinajstić information content (AvgIpc) is 2.65. The van der Waals surface area contributed by atoms with Crippen LogP contribution in [0.25, 0.3) is 11.0 Å². The van der Waals surface area contributed by atoms with Crippen molar-refractivity contribution in [3.63, 3.8) is 0 Å². The quantitative estimate of drug-likeness (QED) is 0.528. The number of phenols is 1. The normalized spacial score (nSPS) is 10.7. The lowest BCUT2D eigenvalue weighted by atomic mass is 10.1. The molecule has 0 saturated carbocycles. The Morgan fingerprint density at radius 2 is 1.85 bits per heavy atom. The predicted molar refractivity (Wildman–Crippen MR) is 100.0 cm³/mol. The second-order valence-corrected chi connectivity index (χ2v) is 6.25. The summed E-state index contributed by atoms with van der Waals surface area (Å²) in [6.07, 6.45) is 0.0903. The summed E-state index contributed by atoms with van der Waals surface area (Å²) >= 11 is 0. The van der Waals surface area contributed by atoms with Gasteiger partial charge >= 0.3 is 11.6 Å². The molecule has 1 heterocycles. The Bertz CT molecular complexity index is 1020. The topological polar surface area (TPSA) is 86.0 Å². The van der Waals surface area contributed by atoms with Crippen LogP contribution in [-0.4, -0.2) is 17.7 Å². The summed E-state index contributed by atoms with van der Waals surface area (Å²) in [5, 5.41) is 10.4. The first-order valence-electron chi connectivity index (χ1n) is 8.54. The third-order valence-corrected chi connectivity index (χ3v) is 4.20. The van der Waals surface area contributed by atoms with Gasteiger partial charge in [-0.05, 0) is 38.1 Å². The highest BCUT2D eigenvalue weighted by Crippen LogP contribution is 2.27. The van der Waals surface area contributed by atoms with Gasteiger partial charge in [-0.2, -0.15) is 0 Å². The van der Waals surface area contributed by atoms with Crippen LogP contribution in [0.15, 0.2) is 51.7 Å². The summed E-state index contributed by atoms with van der Waals surface area (Å²) in [4.78, 5) is 23.7. The van der Waals surface area contributed by atoms with Gasteiger partial charge in [0, 0.05) is 22.6 Å². The fourth-order valence-electron chi connectivity index (χ4n) is 2.65. The molecule has 3 aromatic rings. The van der Waals surface area contributed by atoms with E-state index in [-0.39, 0.29) is 31.0 Å². The number of benzene rings is 2. The highest BCUT2D eigenvalue weighted by molar-refractivity contribution is 5.85. The molecule has 3 rings (SSSR count). The molecule has 6 nitrogen and oxygen atoms in total. The maximum Gasteiger partial charge on any atom is 0.336 e. The largest absolute Gasteiger partial charge is 0.508 e. The van der Waals surface area contributed by atoms with Gasteiger partial charge < -0.3 is 19.0 Å². The molecule has 0 amide bonds.